The minimum absolute atomic E-state index is 0.167. The van der Waals surface area contributed by atoms with Crippen LogP contribution in [-0.4, -0.2) is 32.8 Å². The molecular formula is C16H19NO4. The van der Waals surface area contributed by atoms with Crippen molar-refractivity contribution >= 4 is 0 Å². The number of hydrogen-bond acceptors (Lipinski definition) is 5. The van der Waals surface area contributed by atoms with Crippen molar-refractivity contribution in [3.05, 3.63) is 59.7 Å². The average Bonchev–Trinajstić information content (AvgIpc) is 2.46. The standard InChI is InChI=1S/C16H19NO4/c18-13-7-5-11(6-8-13)9-14(16(20)21)17-10-12-3-1-2-4-15(12)19/h1-8,14,16-21H,9-10H2. The molecule has 1 unspecified atom stereocenters. The van der Waals surface area contributed by atoms with Gasteiger partial charge in [-0.2, -0.15) is 0 Å². The van der Waals surface area contributed by atoms with E-state index >= 15 is 0 Å². The molecule has 2 aromatic rings. The maximum Gasteiger partial charge on any atom is 0.167 e. The van der Waals surface area contributed by atoms with Crippen molar-refractivity contribution in [2.24, 2.45) is 0 Å². The van der Waals surface area contributed by atoms with Crippen LogP contribution in [-0.2, 0) is 13.0 Å². The highest BCUT2D eigenvalue weighted by atomic mass is 16.5. The lowest BCUT2D eigenvalue weighted by Gasteiger charge is -2.21. The molecule has 0 aliphatic carbocycles. The number of phenols is 2. The Kier molecular flexibility index (Phi) is 5.16. The molecule has 0 saturated carbocycles. The van der Waals surface area contributed by atoms with Crippen molar-refractivity contribution in [1.29, 1.82) is 0 Å². The summed E-state index contributed by atoms with van der Waals surface area (Å²) in [5, 5.41) is 40.9. The van der Waals surface area contributed by atoms with Gasteiger partial charge < -0.3 is 25.7 Å². The van der Waals surface area contributed by atoms with E-state index in [1.54, 1.807) is 48.5 Å². The topological polar surface area (TPSA) is 93.0 Å². The van der Waals surface area contributed by atoms with Gasteiger partial charge >= 0.3 is 0 Å². The summed E-state index contributed by atoms with van der Waals surface area (Å²) in [6, 6.07) is 12.9. The first-order valence-corrected chi connectivity index (χ1v) is 6.70. The van der Waals surface area contributed by atoms with Gasteiger partial charge in [0, 0.05) is 12.1 Å². The molecule has 0 aliphatic rings. The number of hydrogen-bond donors (Lipinski definition) is 5. The maximum atomic E-state index is 9.69. The van der Waals surface area contributed by atoms with E-state index in [0.717, 1.165) is 5.56 Å². The van der Waals surface area contributed by atoms with Crippen molar-refractivity contribution in [3.63, 3.8) is 0 Å². The lowest BCUT2D eigenvalue weighted by Crippen LogP contribution is -2.41. The number of rotatable bonds is 6. The predicted octanol–water partition coefficient (Wildman–Crippen LogP) is 1.11. The zero-order chi connectivity index (χ0) is 15.2. The van der Waals surface area contributed by atoms with Crippen molar-refractivity contribution in [1.82, 2.24) is 5.32 Å². The second kappa shape index (κ2) is 7.08. The molecule has 5 heteroatoms. The summed E-state index contributed by atoms with van der Waals surface area (Å²) in [5.41, 5.74) is 1.56. The van der Waals surface area contributed by atoms with E-state index in [4.69, 9.17) is 0 Å². The molecule has 112 valence electrons. The molecule has 5 nitrogen and oxygen atoms in total. The van der Waals surface area contributed by atoms with Crippen LogP contribution in [0.4, 0.5) is 0 Å². The van der Waals surface area contributed by atoms with Gasteiger partial charge in [-0.15, -0.1) is 0 Å². The average molecular weight is 289 g/mol. The van der Waals surface area contributed by atoms with Crippen LogP contribution in [0.5, 0.6) is 11.5 Å². The molecule has 0 fully saturated rings. The van der Waals surface area contributed by atoms with Crippen LogP contribution in [0.15, 0.2) is 48.5 Å². The molecule has 0 radical (unpaired) electrons. The number of phenolic OH excluding ortho intramolecular Hbond substituents is 2. The third-order valence-corrected chi connectivity index (χ3v) is 3.30. The van der Waals surface area contributed by atoms with E-state index in [1.807, 2.05) is 0 Å². The summed E-state index contributed by atoms with van der Waals surface area (Å²) in [5.74, 6) is 0.336. The Morgan fingerprint density at radius 3 is 2.19 bits per heavy atom. The van der Waals surface area contributed by atoms with Crippen LogP contribution in [0, 0.1) is 0 Å². The van der Waals surface area contributed by atoms with Gasteiger partial charge in [-0.05, 0) is 30.2 Å². The van der Waals surface area contributed by atoms with Crippen molar-refractivity contribution in [3.8, 4) is 11.5 Å². The fraction of sp³-hybridized carbons (Fsp3) is 0.250. The molecular weight excluding hydrogens is 270 g/mol. The fourth-order valence-electron chi connectivity index (χ4n) is 2.07. The monoisotopic (exact) mass is 289 g/mol. The van der Waals surface area contributed by atoms with E-state index in [1.165, 1.54) is 0 Å². The van der Waals surface area contributed by atoms with Gasteiger partial charge in [-0.1, -0.05) is 30.3 Å². The summed E-state index contributed by atoms with van der Waals surface area (Å²) < 4.78 is 0. The normalized spacial score (nSPS) is 12.5. The van der Waals surface area contributed by atoms with E-state index in [9.17, 15) is 20.4 Å². The molecule has 1 atom stereocenters. The van der Waals surface area contributed by atoms with Crippen LogP contribution in [0.2, 0.25) is 0 Å². The molecule has 0 aromatic heterocycles. The van der Waals surface area contributed by atoms with Gasteiger partial charge in [0.05, 0.1) is 6.04 Å². The lowest BCUT2D eigenvalue weighted by atomic mass is 10.0. The lowest BCUT2D eigenvalue weighted by molar-refractivity contribution is -0.0671. The fourth-order valence-corrected chi connectivity index (χ4v) is 2.07. The van der Waals surface area contributed by atoms with E-state index in [-0.39, 0.29) is 11.5 Å². The molecule has 2 rings (SSSR count). The number of aliphatic hydroxyl groups is 2. The smallest absolute Gasteiger partial charge is 0.167 e. The molecule has 0 spiro atoms. The van der Waals surface area contributed by atoms with Gasteiger partial charge in [0.15, 0.2) is 6.29 Å². The first-order chi connectivity index (χ1) is 10.1. The first-order valence-electron chi connectivity index (χ1n) is 6.70. The van der Waals surface area contributed by atoms with Gasteiger partial charge in [-0.25, -0.2) is 0 Å². The second-order valence-corrected chi connectivity index (χ2v) is 4.90. The third kappa shape index (κ3) is 4.46. The van der Waals surface area contributed by atoms with Gasteiger partial charge in [0.1, 0.15) is 11.5 Å². The third-order valence-electron chi connectivity index (χ3n) is 3.30. The SMILES string of the molecule is Oc1ccc(CC(NCc2ccccc2O)C(O)O)cc1. The Labute approximate surface area is 123 Å². The molecule has 0 heterocycles. The number of para-hydroxylation sites is 1. The maximum absolute atomic E-state index is 9.69. The molecule has 21 heavy (non-hydrogen) atoms. The zero-order valence-corrected chi connectivity index (χ0v) is 11.5. The quantitative estimate of drug-likeness (QED) is 0.514. The van der Waals surface area contributed by atoms with E-state index < -0.39 is 12.3 Å². The van der Waals surface area contributed by atoms with Crippen LogP contribution >= 0.6 is 0 Å². The van der Waals surface area contributed by atoms with Gasteiger partial charge in [0.25, 0.3) is 0 Å². The molecule has 0 saturated heterocycles. The van der Waals surface area contributed by atoms with E-state index in [0.29, 0.717) is 18.5 Å². The van der Waals surface area contributed by atoms with Crippen LogP contribution < -0.4 is 5.32 Å². The Morgan fingerprint density at radius 2 is 1.57 bits per heavy atom. The summed E-state index contributed by atoms with van der Waals surface area (Å²) >= 11 is 0. The van der Waals surface area contributed by atoms with Crippen molar-refractivity contribution in [2.75, 3.05) is 0 Å². The zero-order valence-electron chi connectivity index (χ0n) is 11.5. The molecule has 0 bridgehead atoms. The van der Waals surface area contributed by atoms with Crippen LogP contribution in [0.1, 0.15) is 11.1 Å². The number of nitrogens with one attached hydrogen (secondary N) is 1. The Hall–Kier alpha value is -2.08. The highest BCUT2D eigenvalue weighted by Crippen LogP contribution is 2.16. The highest BCUT2D eigenvalue weighted by molar-refractivity contribution is 5.31. The summed E-state index contributed by atoms with van der Waals surface area (Å²) in [4.78, 5) is 0. The number of benzene rings is 2. The van der Waals surface area contributed by atoms with Crippen molar-refractivity contribution < 1.29 is 20.4 Å². The highest BCUT2D eigenvalue weighted by Gasteiger charge is 2.17. The minimum Gasteiger partial charge on any atom is -0.508 e. The van der Waals surface area contributed by atoms with E-state index in [2.05, 4.69) is 5.32 Å². The van der Waals surface area contributed by atoms with Crippen LogP contribution in [0.3, 0.4) is 0 Å². The van der Waals surface area contributed by atoms with Crippen molar-refractivity contribution in [2.45, 2.75) is 25.3 Å². The molecule has 5 N–H and O–H groups in total. The molecule has 0 aliphatic heterocycles. The second-order valence-electron chi connectivity index (χ2n) is 4.90. The number of aromatic hydroxyl groups is 2. The van der Waals surface area contributed by atoms with Gasteiger partial charge in [-0.3, -0.25) is 0 Å². The number of aliphatic hydroxyl groups excluding tert-OH is 1. The summed E-state index contributed by atoms with van der Waals surface area (Å²) in [6.45, 7) is 0.326. The first kappa shape index (κ1) is 15.3. The Bertz CT molecular complexity index is 569. The Morgan fingerprint density at radius 1 is 0.905 bits per heavy atom. The summed E-state index contributed by atoms with van der Waals surface area (Å²) in [7, 11) is 0. The predicted molar refractivity (Wildman–Crippen MR) is 78.8 cm³/mol. The Balaban J connectivity index is 1.99. The summed E-state index contributed by atoms with van der Waals surface area (Å²) in [6.07, 6.45) is -1.13. The molecule has 2 aromatic carbocycles. The largest absolute Gasteiger partial charge is 0.508 e. The van der Waals surface area contributed by atoms with Gasteiger partial charge in [0.2, 0.25) is 0 Å². The van der Waals surface area contributed by atoms with Crippen LogP contribution in [0.25, 0.3) is 0 Å². The molecule has 0 amide bonds. The minimum atomic E-state index is -1.52.